The Hall–Kier alpha value is -2.24. The summed E-state index contributed by atoms with van der Waals surface area (Å²) in [7, 11) is 0. The number of rotatable bonds is 6. The van der Waals surface area contributed by atoms with Gasteiger partial charge in [0.05, 0.1) is 0 Å². The van der Waals surface area contributed by atoms with Gasteiger partial charge in [-0.1, -0.05) is 36.8 Å². The first kappa shape index (κ1) is 15.2. The molecule has 21 heavy (non-hydrogen) atoms. The fourth-order valence-corrected chi connectivity index (χ4v) is 2.08. The fraction of sp³-hybridized carbons (Fsp3) is 0.467. The zero-order valence-electron chi connectivity index (χ0n) is 12.7. The molecule has 0 atom stereocenters. The zero-order valence-corrected chi connectivity index (χ0v) is 12.7. The largest absolute Gasteiger partial charge is 0.312 e. The summed E-state index contributed by atoms with van der Waals surface area (Å²) in [5, 5.41) is 13.8. The molecule has 1 aromatic carbocycles. The topological polar surface area (TPSA) is 74.8 Å². The minimum atomic E-state index is 0.123. The second-order valence-corrected chi connectivity index (χ2v) is 5.56. The number of benzene rings is 1. The van der Waals surface area contributed by atoms with Gasteiger partial charge in [0.1, 0.15) is 0 Å². The van der Waals surface area contributed by atoms with Crippen molar-refractivity contribution in [3.05, 3.63) is 35.7 Å². The molecule has 2 aromatic rings. The summed E-state index contributed by atoms with van der Waals surface area (Å²) in [6.07, 6.45) is 1.11. The summed E-state index contributed by atoms with van der Waals surface area (Å²) in [6, 6.07) is 7.98. The molecule has 0 radical (unpaired) electrons. The lowest BCUT2D eigenvalue weighted by molar-refractivity contribution is -0.119. The average Bonchev–Trinajstić information content (AvgIpc) is 2.93. The molecule has 0 bridgehead atoms. The molecule has 0 saturated carbocycles. The summed E-state index contributed by atoms with van der Waals surface area (Å²) in [5.74, 6) is 1.07. The highest BCUT2D eigenvalue weighted by Gasteiger charge is 2.17. The van der Waals surface area contributed by atoms with E-state index in [2.05, 4.69) is 20.6 Å². The van der Waals surface area contributed by atoms with Crippen LogP contribution in [-0.2, 0) is 11.2 Å². The van der Waals surface area contributed by atoms with Crippen LogP contribution >= 0.6 is 0 Å². The summed E-state index contributed by atoms with van der Waals surface area (Å²) < 4.78 is 0. The number of aromatic amines is 1. The number of nitrogens with one attached hydrogen (secondary N) is 1. The molecular weight excluding hydrogens is 266 g/mol. The number of hydrogen-bond acceptors (Lipinski definition) is 4. The van der Waals surface area contributed by atoms with Crippen molar-refractivity contribution >= 4 is 11.6 Å². The van der Waals surface area contributed by atoms with E-state index in [4.69, 9.17) is 0 Å². The van der Waals surface area contributed by atoms with E-state index in [9.17, 15) is 4.79 Å². The second-order valence-electron chi connectivity index (χ2n) is 5.56. The molecule has 112 valence electrons. The molecule has 0 aliphatic carbocycles. The summed E-state index contributed by atoms with van der Waals surface area (Å²) in [6.45, 7) is 6.67. The van der Waals surface area contributed by atoms with Crippen molar-refractivity contribution in [2.24, 2.45) is 5.92 Å². The maximum absolute atomic E-state index is 12.5. The van der Waals surface area contributed by atoms with E-state index < -0.39 is 0 Å². The molecule has 1 amide bonds. The predicted octanol–water partition coefficient (Wildman–Crippen LogP) is 2.13. The van der Waals surface area contributed by atoms with Crippen molar-refractivity contribution in [3.8, 4) is 0 Å². The molecule has 6 heteroatoms. The zero-order chi connectivity index (χ0) is 15.2. The van der Waals surface area contributed by atoms with Gasteiger partial charge < -0.3 is 4.90 Å². The SMILES string of the molecule is Cc1ccc(N(CCc2nn[nH]n2)C(=O)CC(C)C)cc1. The molecular formula is C15H21N5O. The smallest absolute Gasteiger partial charge is 0.227 e. The first-order valence-corrected chi connectivity index (χ1v) is 7.15. The van der Waals surface area contributed by atoms with Gasteiger partial charge in [-0.25, -0.2) is 0 Å². The van der Waals surface area contributed by atoms with Gasteiger partial charge in [-0.3, -0.25) is 4.79 Å². The molecule has 0 spiro atoms. The van der Waals surface area contributed by atoms with Crippen molar-refractivity contribution in [3.63, 3.8) is 0 Å². The highest BCUT2D eigenvalue weighted by molar-refractivity contribution is 5.93. The number of tetrazole rings is 1. The number of hydrogen-bond donors (Lipinski definition) is 1. The third-order valence-corrected chi connectivity index (χ3v) is 3.18. The summed E-state index contributed by atoms with van der Waals surface area (Å²) in [4.78, 5) is 14.3. The van der Waals surface area contributed by atoms with E-state index in [1.54, 1.807) is 4.90 Å². The minimum Gasteiger partial charge on any atom is -0.312 e. The maximum atomic E-state index is 12.5. The number of aromatic nitrogens is 4. The molecule has 1 aromatic heterocycles. The van der Waals surface area contributed by atoms with E-state index in [0.717, 1.165) is 5.69 Å². The molecule has 1 heterocycles. The van der Waals surface area contributed by atoms with Crippen molar-refractivity contribution in [2.75, 3.05) is 11.4 Å². The van der Waals surface area contributed by atoms with Crippen LogP contribution in [0.25, 0.3) is 0 Å². The Kier molecular flexibility index (Phi) is 5.03. The second kappa shape index (κ2) is 6.97. The lowest BCUT2D eigenvalue weighted by Crippen LogP contribution is -2.33. The lowest BCUT2D eigenvalue weighted by atomic mass is 10.1. The predicted molar refractivity (Wildman–Crippen MR) is 80.9 cm³/mol. The van der Waals surface area contributed by atoms with Crippen molar-refractivity contribution in [1.29, 1.82) is 0 Å². The number of anilines is 1. The molecule has 6 nitrogen and oxygen atoms in total. The van der Waals surface area contributed by atoms with Gasteiger partial charge in [0, 0.05) is 25.1 Å². The Labute approximate surface area is 124 Å². The van der Waals surface area contributed by atoms with Gasteiger partial charge in [-0.2, -0.15) is 5.21 Å². The Bertz CT molecular complexity index is 562. The van der Waals surface area contributed by atoms with Gasteiger partial charge in [0.2, 0.25) is 5.91 Å². The fourth-order valence-electron chi connectivity index (χ4n) is 2.08. The molecule has 0 unspecified atom stereocenters. The van der Waals surface area contributed by atoms with Gasteiger partial charge >= 0.3 is 0 Å². The van der Waals surface area contributed by atoms with Crippen LogP contribution in [-0.4, -0.2) is 33.1 Å². The molecule has 0 aliphatic rings. The van der Waals surface area contributed by atoms with E-state index in [0.29, 0.717) is 31.1 Å². The molecule has 0 fully saturated rings. The van der Waals surface area contributed by atoms with Crippen LogP contribution in [0.2, 0.25) is 0 Å². The number of nitrogens with zero attached hydrogens (tertiary/aromatic N) is 4. The Morgan fingerprint density at radius 2 is 2.00 bits per heavy atom. The number of carbonyl (C=O) groups is 1. The van der Waals surface area contributed by atoms with Crippen LogP contribution in [0.3, 0.4) is 0 Å². The van der Waals surface area contributed by atoms with Crippen LogP contribution in [0.1, 0.15) is 31.7 Å². The van der Waals surface area contributed by atoms with E-state index in [-0.39, 0.29) is 5.91 Å². The number of aryl methyl sites for hydroxylation is 1. The molecule has 0 aliphatic heterocycles. The van der Waals surface area contributed by atoms with E-state index >= 15 is 0 Å². The van der Waals surface area contributed by atoms with E-state index in [1.165, 1.54) is 5.56 Å². The van der Waals surface area contributed by atoms with Crippen molar-refractivity contribution in [1.82, 2.24) is 20.6 Å². The summed E-state index contributed by atoms with van der Waals surface area (Å²) in [5.41, 5.74) is 2.09. The van der Waals surface area contributed by atoms with Gasteiger partial charge in [-0.05, 0) is 25.0 Å². The van der Waals surface area contributed by atoms with Crippen LogP contribution in [0, 0.1) is 12.8 Å². The number of amides is 1. The minimum absolute atomic E-state index is 0.123. The highest BCUT2D eigenvalue weighted by atomic mass is 16.2. The van der Waals surface area contributed by atoms with Gasteiger partial charge in [0.15, 0.2) is 5.82 Å². The maximum Gasteiger partial charge on any atom is 0.227 e. The van der Waals surface area contributed by atoms with Crippen LogP contribution in [0.5, 0.6) is 0 Å². The standard InChI is InChI=1S/C15H21N5O/c1-11(2)10-15(21)20(9-8-14-16-18-19-17-14)13-6-4-12(3)5-7-13/h4-7,11H,8-10H2,1-3H3,(H,16,17,18,19). The molecule has 0 saturated heterocycles. The molecule has 1 N–H and O–H groups in total. The van der Waals surface area contributed by atoms with Crippen LogP contribution < -0.4 is 4.90 Å². The van der Waals surface area contributed by atoms with Gasteiger partial charge in [-0.15, -0.1) is 10.2 Å². The number of carbonyl (C=O) groups excluding carboxylic acids is 1. The van der Waals surface area contributed by atoms with Crippen molar-refractivity contribution < 1.29 is 4.79 Å². The first-order chi connectivity index (χ1) is 10.1. The first-order valence-electron chi connectivity index (χ1n) is 7.15. The van der Waals surface area contributed by atoms with Crippen LogP contribution in [0.15, 0.2) is 24.3 Å². The van der Waals surface area contributed by atoms with Crippen LogP contribution in [0.4, 0.5) is 5.69 Å². The third-order valence-electron chi connectivity index (χ3n) is 3.18. The normalized spacial score (nSPS) is 10.9. The Morgan fingerprint density at radius 1 is 1.29 bits per heavy atom. The Morgan fingerprint density at radius 3 is 2.57 bits per heavy atom. The summed E-state index contributed by atoms with van der Waals surface area (Å²) >= 11 is 0. The third kappa shape index (κ3) is 4.37. The highest BCUT2D eigenvalue weighted by Crippen LogP contribution is 2.18. The quantitative estimate of drug-likeness (QED) is 0.883. The average molecular weight is 287 g/mol. The van der Waals surface area contributed by atoms with Crippen molar-refractivity contribution in [2.45, 2.75) is 33.6 Å². The van der Waals surface area contributed by atoms with E-state index in [1.807, 2.05) is 45.0 Å². The molecule has 2 rings (SSSR count). The monoisotopic (exact) mass is 287 g/mol. The van der Waals surface area contributed by atoms with Gasteiger partial charge in [0.25, 0.3) is 0 Å². The number of H-pyrrole nitrogens is 1. The lowest BCUT2D eigenvalue weighted by Gasteiger charge is -2.23. The Balaban J connectivity index is 2.13.